The third-order valence-corrected chi connectivity index (χ3v) is 5.25. The largest absolute Gasteiger partial charge is 0.357 e. The normalized spacial score (nSPS) is 11.8. The van der Waals surface area contributed by atoms with E-state index in [4.69, 9.17) is 4.99 Å². The summed E-state index contributed by atoms with van der Waals surface area (Å²) in [6.07, 6.45) is 3.97. The number of nitrogens with zero attached hydrogens (tertiary/aromatic N) is 4. The van der Waals surface area contributed by atoms with E-state index in [1.807, 2.05) is 23.7 Å². The topological polar surface area (TPSA) is 45.5 Å². The van der Waals surface area contributed by atoms with Crippen LogP contribution in [0.25, 0.3) is 11.0 Å². The lowest BCUT2D eigenvalue weighted by molar-refractivity contribution is 0.485. The first-order valence-corrected chi connectivity index (χ1v) is 10.1. The molecule has 2 aromatic heterocycles. The zero-order chi connectivity index (χ0) is 18.2. The molecule has 0 aliphatic rings. The first kappa shape index (κ1) is 18.5. The Bertz CT molecular complexity index is 822. The van der Waals surface area contributed by atoms with E-state index < -0.39 is 0 Å². The molecule has 0 spiro atoms. The second-order valence-electron chi connectivity index (χ2n) is 6.27. The van der Waals surface area contributed by atoms with Crippen LogP contribution in [0.1, 0.15) is 18.2 Å². The molecule has 0 amide bonds. The van der Waals surface area contributed by atoms with Gasteiger partial charge in [0.05, 0.1) is 17.4 Å². The summed E-state index contributed by atoms with van der Waals surface area (Å²) in [6.45, 7) is 5.70. The lowest BCUT2D eigenvalue weighted by Crippen LogP contribution is -2.40. The van der Waals surface area contributed by atoms with Crippen LogP contribution in [0.4, 0.5) is 0 Å². The third kappa shape index (κ3) is 4.85. The Labute approximate surface area is 159 Å². The molecular weight excluding hydrogens is 342 g/mol. The second-order valence-corrected chi connectivity index (χ2v) is 7.30. The molecule has 0 aliphatic heterocycles. The van der Waals surface area contributed by atoms with Gasteiger partial charge < -0.3 is 14.8 Å². The van der Waals surface area contributed by atoms with E-state index in [-0.39, 0.29) is 0 Å². The first-order chi connectivity index (χ1) is 12.8. The lowest BCUT2D eigenvalue weighted by atomic mass is 10.3. The summed E-state index contributed by atoms with van der Waals surface area (Å²) in [6, 6.07) is 12.6. The van der Waals surface area contributed by atoms with Crippen LogP contribution in [0.3, 0.4) is 0 Å². The highest BCUT2D eigenvalue weighted by Gasteiger charge is 2.06. The van der Waals surface area contributed by atoms with Gasteiger partial charge in [-0.2, -0.15) is 0 Å². The summed E-state index contributed by atoms with van der Waals surface area (Å²) < 4.78 is 2.21. The molecule has 2 heterocycles. The molecule has 3 rings (SSSR count). The molecule has 5 nitrogen and oxygen atoms in total. The van der Waals surface area contributed by atoms with Gasteiger partial charge in [-0.15, -0.1) is 11.3 Å². The van der Waals surface area contributed by atoms with E-state index in [9.17, 15) is 0 Å². The summed E-state index contributed by atoms with van der Waals surface area (Å²) in [5.41, 5.74) is 2.24. The van der Waals surface area contributed by atoms with Gasteiger partial charge >= 0.3 is 0 Å². The average Bonchev–Trinajstić information content (AvgIpc) is 3.32. The molecule has 0 bridgehead atoms. The number of hydrogen-bond donors (Lipinski definition) is 1. The fourth-order valence-electron chi connectivity index (χ4n) is 2.92. The van der Waals surface area contributed by atoms with Crippen molar-refractivity contribution in [3.63, 3.8) is 0 Å². The Hall–Kier alpha value is -2.34. The van der Waals surface area contributed by atoms with E-state index in [1.165, 1.54) is 10.4 Å². The Kier molecular flexibility index (Phi) is 6.66. The van der Waals surface area contributed by atoms with Crippen molar-refractivity contribution in [3.8, 4) is 0 Å². The van der Waals surface area contributed by atoms with E-state index in [2.05, 4.69) is 69.5 Å². The minimum atomic E-state index is 0.804. The number of hydrogen-bond acceptors (Lipinski definition) is 3. The molecule has 0 atom stereocenters. The number of aromatic nitrogens is 2. The van der Waals surface area contributed by atoms with Crippen molar-refractivity contribution in [2.45, 2.75) is 26.3 Å². The zero-order valence-electron chi connectivity index (χ0n) is 15.6. The predicted octanol–water partition coefficient (Wildman–Crippen LogP) is 3.63. The molecule has 0 radical (unpaired) electrons. The quantitative estimate of drug-likeness (QED) is 0.375. The summed E-state index contributed by atoms with van der Waals surface area (Å²) in [5.74, 6) is 0.986. The van der Waals surface area contributed by atoms with Crippen molar-refractivity contribution in [3.05, 3.63) is 53.0 Å². The average molecular weight is 370 g/mol. The molecule has 6 heteroatoms. The minimum absolute atomic E-state index is 0.804. The van der Waals surface area contributed by atoms with E-state index in [1.54, 1.807) is 0 Å². The van der Waals surface area contributed by atoms with Gasteiger partial charge in [-0.25, -0.2) is 4.98 Å². The van der Waals surface area contributed by atoms with Gasteiger partial charge in [-0.1, -0.05) is 18.2 Å². The van der Waals surface area contributed by atoms with Gasteiger partial charge in [0.2, 0.25) is 0 Å². The monoisotopic (exact) mass is 369 g/mol. The maximum absolute atomic E-state index is 4.79. The van der Waals surface area contributed by atoms with Crippen LogP contribution >= 0.6 is 11.3 Å². The fourth-order valence-corrected chi connectivity index (χ4v) is 3.62. The van der Waals surface area contributed by atoms with Gasteiger partial charge in [0, 0.05) is 38.1 Å². The number of likely N-dealkylation sites (N-methyl/N-ethyl adjacent to an activating group) is 1. The number of aryl methyl sites for hydroxylation is 1. The highest BCUT2D eigenvalue weighted by atomic mass is 32.1. The van der Waals surface area contributed by atoms with Gasteiger partial charge in [0.15, 0.2) is 5.96 Å². The van der Waals surface area contributed by atoms with Crippen molar-refractivity contribution in [2.24, 2.45) is 4.99 Å². The number of benzene rings is 1. The highest BCUT2D eigenvalue weighted by molar-refractivity contribution is 7.09. The molecule has 0 saturated carbocycles. The summed E-state index contributed by atoms with van der Waals surface area (Å²) in [4.78, 5) is 12.9. The van der Waals surface area contributed by atoms with Crippen molar-refractivity contribution in [1.29, 1.82) is 0 Å². The van der Waals surface area contributed by atoms with Crippen LogP contribution < -0.4 is 5.32 Å². The highest BCUT2D eigenvalue weighted by Crippen LogP contribution is 2.12. The van der Waals surface area contributed by atoms with Crippen LogP contribution in [0.2, 0.25) is 0 Å². The Morgan fingerprint density at radius 2 is 2.15 bits per heavy atom. The number of thiophene rings is 1. The Morgan fingerprint density at radius 1 is 1.27 bits per heavy atom. The van der Waals surface area contributed by atoms with Gasteiger partial charge in [-0.3, -0.25) is 4.99 Å². The minimum Gasteiger partial charge on any atom is -0.357 e. The molecule has 3 aromatic rings. The van der Waals surface area contributed by atoms with Crippen LogP contribution in [-0.2, 0) is 13.0 Å². The number of imidazole rings is 1. The van der Waals surface area contributed by atoms with Crippen LogP contribution in [0.15, 0.2) is 53.1 Å². The molecular formula is C20H27N5S. The number of aliphatic imine (C=N–C) groups is 1. The van der Waals surface area contributed by atoms with E-state index in [0.29, 0.717) is 0 Å². The number of nitrogens with one attached hydrogen (secondary N) is 1. The number of fused-ring (bicyclic) bond motifs is 1. The number of rotatable bonds is 8. The summed E-state index contributed by atoms with van der Waals surface area (Å²) in [5, 5.41) is 5.53. The van der Waals surface area contributed by atoms with Gasteiger partial charge in [-0.05, 0) is 43.3 Å². The van der Waals surface area contributed by atoms with Gasteiger partial charge in [0.1, 0.15) is 0 Å². The van der Waals surface area contributed by atoms with E-state index >= 15 is 0 Å². The molecule has 138 valence electrons. The van der Waals surface area contributed by atoms with Crippen LogP contribution in [0.5, 0.6) is 0 Å². The maximum atomic E-state index is 4.79. The SMILES string of the molecule is CCNC(=NCCCn1cnc2ccccc21)N(C)CCc1cccs1. The van der Waals surface area contributed by atoms with Gasteiger partial charge in [0.25, 0.3) is 0 Å². The zero-order valence-corrected chi connectivity index (χ0v) is 16.4. The number of guanidine groups is 1. The Balaban J connectivity index is 1.51. The molecule has 26 heavy (non-hydrogen) atoms. The first-order valence-electron chi connectivity index (χ1n) is 9.19. The molecule has 0 saturated heterocycles. The van der Waals surface area contributed by atoms with E-state index in [0.717, 1.165) is 50.5 Å². The third-order valence-electron chi connectivity index (χ3n) is 4.32. The molecule has 1 N–H and O–H groups in total. The number of para-hydroxylation sites is 2. The van der Waals surface area contributed by atoms with Crippen molar-refractivity contribution >= 4 is 28.3 Å². The molecule has 0 aliphatic carbocycles. The Morgan fingerprint density at radius 3 is 2.96 bits per heavy atom. The lowest BCUT2D eigenvalue weighted by Gasteiger charge is -2.21. The second kappa shape index (κ2) is 9.38. The fraction of sp³-hybridized carbons (Fsp3) is 0.400. The molecule has 0 fully saturated rings. The smallest absolute Gasteiger partial charge is 0.193 e. The summed E-state index contributed by atoms with van der Waals surface area (Å²) in [7, 11) is 2.11. The predicted molar refractivity (Wildman–Crippen MR) is 111 cm³/mol. The van der Waals surface area contributed by atoms with Crippen LogP contribution in [-0.4, -0.2) is 47.1 Å². The van der Waals surface area contributed by atoms with Crippen LogP contribution in [0, 0.1) is 0 Å². The molecule has 0 unspecified atom stereocenters. The van der Waals surface area contributed by atoms with Crippen molar-refractivity contribution in [1.82, 2.24) is 19.8 Å². The summed E-state index contributed by atoms with van der Waals surface area (Å²) >= 11 is 1.82. The molecule has 1 aromatic carbocycles. The maximum Gasteiger partial charge on any atom is 0.193 e. The van der Waals surface area contributed by atoms with Crippen molar-refractivity contribution in [2.75, 3.05) is 26.7 Å². The van der Waals surface area contributed by atoms with Crippen molar-refractivity contribution < 1.29 is 0 Å². The standard InChI is InChI=1S/C20H27N5S/c1-3-21-20(24(2)14-11-17-8-6-15-26-17)22-12-7-13-25-16-23-18-9-4-5-10-19(18)25/h4-6,8-10,15-16H,3,7,11-14H2,1-2H3,(H,21,22).